The van der Waals surface area contributed by atoms with E-state index in [1.807, 2.05) is 36.5 Å². The molecule has 0 aliphatic carbocycles. The van der Waals surface area contributed by atoms with Crippen LogP contribution in [-0.4, -0.2) is 42.4 Å². The molecule has 1 saturated heterocycles. The van der Waals surface area contributed by atoms with E-state index in [1.54, 1.807) is 11.8 Å². The Morgan fingerprint density at radius 2 is 2.20 bits per heavy atom. The average molecular weight is 342 g/mol. The van der Waals surface area contributed by atoms with Crippen LogP contribution < -0.4 is 15.4 Å². The molecular weight excluding hydrogens is 316 g/mol. The van der Waals surface area contributed by atoms with Crippen molar-refractivity contribution in [3.63, 3.8) is 0 Å². The molecule has 0 radical (unpaired) electrons. The van der Waals surface area contributed by atoms with Crippen LogP contribution in [0.1, 0.15) is 30.0 Å². The second-order valence-corrected chi connectivity index (χ2v) is 6.43. The summed E-state index contributed by atoms with van der Waals surface area (Å²) in [6, 6.07) is 9.93. The highest BCUT2D eigenvalue weighted by Gasteiger charge is 2.17. The maximum atomic E-state index is 12.1. The SMILES string of the molecule is COc1ccc(CCNC(=O)Cn2ccc([C@H]3CCCNC3)n2)cc1. The van der Waals surface area contributed by atoms with Gasteiger partial charge in [0.2, 0.25) is 5.91 Å². The Balaban J connectivity index is 1.42. The second kappa shape index (κ2) is 8.67. The fraction of sp³-hybridized carbons (Fsp3) is 0.474. The normalized spacial score (nSPS) is 17.2. The molecule has 1 aromatic heterocycles. The van der Waals surface area contributed by atoms with E-state index in [0.29, 0.717) is 12.5 Å². The van der Waals surface area contributed by atoms with E-state index in [-0.39, 0.29) is 12.5 Å². The van der Waals surface area contributed by atoms with Crippen LogP contribution in [0.5, 0.6) is 5.75 Å². The van der Waals surface area contributed by atoms with Crippen molar-refractivity contribution in [3.05, 3.63) is 47.8 Å². The predicted octanol–water partition coefficient (Wildman–Crippen LogP) is 1.72. The van der Waals surface area contributed by atoms with Gasteiger partial charge in [-0.25, -0.2) is 0 Å². The zero-order chi connectivity index (χ0) is 17.5. The van der Waals surface area contributed by atoms with Gasteiger partial charge in [0.15, 0.2) is 0 Å². The van der Waals surface area contributed by atoms with E-state index >= 15 is 0 Å². The monoisotopic (exact) mass is 342 g/mol. The lowest BCUT2D eigenvalue weighted by molar-refractivity contribution is -0.121. The van der Waals surface area contributed by atoms with Crippen LogP contribution in [0.15, 0.2) is 36.5 Å². The summed E-state index contributed by atoms with van der Waals surface area (Å²) < 4.78 is 6.87. The third-order valence-corrected chi connectivity index (χ3v) is 4.58. The minimum atomic E-state index is -0.00932. The van der Waals surface area contributed by atoms with E-state index < -0.39 is 0 Å². The third-order valence-electron chi connectivity index (χ3n) is 4.58. The second-order valence-electron chi connectivity index (χ2n) is 6.43. The van der Waals surface area contributed by atoms with Crippen LogP contribution in [0.3, 0.4) is 0 Å². The van der Waals surface area contributed by atoms with Crippen LogP contribution in [-0.2, 0) is 17.8 Å². The highest BCUT2D eigenvalue weighted by molar-refractivity contribution is 5.75. The fourth-order valence-electron chi connectivity index (χ4n) is 3.13. The predicted molar refractivity (Wildman–Crippen MR) is 96.8 cm³/mol. The van der Waals surface area contributed by atoms with Crippen molar-refractivity contribution >= 4 is 5.91 Å². The zero-order valence-electron chi connectivity index (χ0n) is 14.7. The topological polar surface area (TPSA) is 68.2 Å². The van der Waals surface area contributed by atoms with Crippen molar-refractivity contribution in [2.24, 2.45) is 0 Å². The first-order valence-corrected chi connectivity index (χ1v) is 8.88. The number of hydrogen-bond donors (Lipinski definition) is 2. The molecule has 6 nitrogen and oxygen atoms in total. The molecule has 25 heavy (non-hydrogen) atoms. The molecule has 0 unspecified atom stereocenters. The summed E-state index contributed by atoms with van der Waals surface area (Å²) in [5.41, 5.74) is 2.26. The molecule has 0 saturated carbocycles. The summed E-state index contributed by atoms with van der Waals surface area (Å²) in [4.78, 5) is 12.1. The standard InChI is InChI=1S/C19H26N4O2/c1-25-17-6-4-15(5-7-17)8-11-21-19(24)14-23-12-9-18(22-23)16-3-2-10-20-13-16/h4-7,9,12,16,20H,2-3,8,10-11,13-14H2,1H3,(H,21,24)/t16-/m0/s1. The molecule has 1 aliphatic heterocycles. The van der Waals surface area contributed by atoms with Gasteiger partial charge in [-0.1, -0.05) is 12.1 Å². The summed E-state index contributed by atoms with van der Waals surface area (Å²) in [6.45, 7) is 2.95. The van der Waals surface area contributed by atoms with Crippen molar-refractivity contribution < 1.29 is 9.53 Å². The maximum absolute atomic E-state index is 12.1. The summed E-state index contributed by atoms with van der Waals surface area (Å²) in [5.74, 6) is 1.30. The van der Waals surface area contributed by atoms with Gasteiger partial charge in [0.25, 0.3) is 0 Å². The first-order valence-electron chi connectivity index (χ1n) is 8.88. The summed E-state index contributed by atoms with van der Waals surface area (Å²) >= 11 is 0. The van der Waals surface area contributed by atoms with Gasteiger partial charge < -0.3 is 15.4 Å². The molecule has 1 fully saturated rings. The minimum absolute atomic E-state index is 0.00932. The molecule has 1 amide bonds. The van der Waals surface area contributed by atoms with Gasteiger partial charge in [-0.3, -0.25) is 9.48 Å². The van der Waals surface area contributed by atoms with Crippen molar-refractivity contribution in [2.75, 3.05) is 26.7 Å². The molecular formula is C19H26N4O2. The number of nitrogens with zero attached hydrogens (tertiary/aromatic N) is 2. The number of aromatic nitrogens is 2. The lowest BCUT2D eigenvalue weighted by Crippen LogP contribution is -2.30. The Morgan fingerprint density at radius 3 is 2.92 bits per heavy atom. The van der Waals surface area contributed by atoms with Crippen molar-refractivity contribution in [1.82, 2.24) is 20.4 Å². The zero-order valence-corrected chi connectivity index (χ0v) is 14.7. The Bertz CT molecular complexity index is 675. The molecule has 2 heterocycles. The quantitative estimate of drug-likeness (QED) is 0.804. The number of amides is 1. The average Bonchev–Trinajstić information content (AvgIpc) is 3.11. The van der Waals surface area contributed by atoms with Gasteiger partial charge in [0.05, 0.1) is 12.8 Å². The summed E-state index contributed by atoms with van der Waals surface area (Å²) in [5, 5.41) is 10.9. The highest BCUT2D eigenvalue weighted by atomic mass is 16.5. The number of carbonyl (C=O) groups is 1. The van der Waals surface area contributed by atoms with Gasteiger partial charge in [-0.15, -0.1) is 0 Å². The minimum Gasteiger partial charge on any atom is -0.497 e. The molecule has 0 spiro atoms. The Hall–Kier alpha value is -2.34. The Labute approximate surface area is 148 Å². The third kappa shape index (κ3) is 5.06. The first kappa shape index (κ1) is 17.5. The lowest BCUT2D eigenvalue weighted by atomic mass is 9.97. The van der Waals surface area contributed by atoms with E-state index in [9.17, 15) is 4.79 Å². The molecule has 1 aliphatic rings. The van der Waals surface area contributed by atoms with Crippen LogP contribution >= 0.6 is 0 Å². The smallest absolute Gasteiger partial charge is 0.241 e. The van der Waals surface area contributed by atoms with Gasteiger partial charge in [0.1, 0.15) is 12.3 Å². The molecule has 2 aromatic rings. The van der Waals surface area contributed by atoms with E-state index in [1.165, 1.54) is 12.0 Å². The molecule has 134 valence electrons. The van der Waals surface area contributed by atoms with Gasteiger partial charge in [-0.2, -0.15) is 5.10 Å². The first-order chi connectivity index (χ1) is 12.2. The van der Waals surface area contributed by atoms with Crippen LogP contribution in [0.4, 0.5) is 0 Å². The fourth-order valence-corrected chi connectivity index (χ4v) is 3.13. The number of nitrogens with one attached hydrogen (secondary N) is 2. The number of piperidine rings is 1. The number of rotatable bonds is 7. The molecule has 2 N–H and O–H groups in total. The Kier molecular flexibility index (Phi) is 6.06. The molecule has 3 rings (SSSR count). The molecule has 0 bridgehead atoms. The van der Waals surface area contributed by atoms with E-state index in [2.05, 4.69) is 15.7 Å². The summed E-state index contributed by atoms with van der Waals surface area (Å²) in [6.07, 6.45) is 5.04. The number of benzene rings is 1. The summed E-state index contributed by atoms with van der Waals surface area (Å²) in [7, 11) is 1.65. The lowest BCUT2D eigenvalue weighted by Gasteiger charge is -2.20. The number of ether oxygens (including phenoxy) is 1. The van der Waals surface area contributed by atoms with Crippen LogP contribution in [0.25, 0.3) is 0 Å². The van der Waals surface area contributed by atoms with E-state index in [4.69, 9.17) is 4.74 Å². The highest BCUT2D eigenvalue weighted by Crippen LogP contribution is 2.21. The number of methoxy groups -OCH3 is 1. The number of hydrogen-bond acceptors (Lipinski definition) is 4. The molecule has 1 aromatic carbocycles. The molecule has 1 atom stereocenters. The Morgan fingerprint density at radius 1 is 1.36 bits per heavy atom. The van der Waals surface area contributed by atoms with Gasteiger partial charge in [0, 0.05) is 25.2 Å². The maximum Gasteiger partial charge on any atom is 0.241 e. The number of carbonyl (C=O) groups excluding carboxylic acids is 1. The van der Waals surface area contributed by atoms with Gasteiger partial charge in [-0.05, 0) is 49.6 Å². The molecule has 6 heteroatoms. The van der Waals surface area contributed by atoms with E-state index in [0.717, 1.165) is 37.4 Å². The van der Waals surface area contributed by atoms with Crippen LogP contribution in [0.2, 0.25) is 0 Å². The van der Waals surface area contributed by atoms with Crippen LogP contribution in [0, 0.1) is 0 Å². The van der Waals surface area contributed by atoms with Crippen molar-refractivity contribution in [1.29, 1.82) is 0 Å². The van der Waals surface area contributed by atoms with Crippen molar-refractivity contribution in [2.45, 2.75) is 31.7 Å². The van der Waals surface area contributed by atoms with Crippen molar-refractivity contribution in [3.8, 4) is 5.75 Å². The largest absolute Gasteiger partial charge is 0.497 e. The van der Waals surface area contributed by atoms with Gasteiger partial charge >= 0.3 is 0 Å².